The molecule has 4 nitrogen and oxygen atoms in total. The maximum Gasteiger partial charge on any atom is 0.256 e. The highest BCUT2D eigenvalue weighted by molar-refractivity contribution is 9.10. The van der Waals surface area contributed by atoms with E-state index in [1.54, 1.807) is 47.3 Å². The van der Waals surface area contributed by atoms with E-state index in [-0.39, 0.29) is 5.91 Å². The quantitative estimate of drug-likeness (QED) is 0.621. The van der Waals surface area contributed by atoms with Crippen LogP contribution in [0.3, 0.4) is 0 Å². The first kappa shape index (κ1) is 17.0. The molecule has 24 heavy (non-hydrogen) atoms. The SMILES string of the molecule is O=C(Nc1ccn(Cc2c(Cl)cccc2Cl)n1)c1ccc(Br)cc1. The lowest BCUT2D eigenvalue weighted by atomic mass is 10.2. The van der Waals surface area contributed by atoms with Crippen molar-refractivity contribution in [2.45, 2.75) is 6.54 Å². The fourth-order valence-corrected chi connectivity index (χ4v) is 2.93. The first-order valence-corrected chi connectivity index (χ1v) is 8.61. The average Bonchev–Trinajstić information content (AvgIpc) is 2.99. The van der Waals surface area contributed by atoms with Gasteiger partial charge in [-0.2, -0.15) is 5.10 Å². The van der Waals surface area contributed by atoms with E-state index in [0.717, 1.165) is 10.0 Å². The number of nitrogens with one attached hydrogen (secondary N) is 1. The maximum absolute atomic E-state index is 12.2. The second kappa shape index (κ2) is 7.38. The maximum atomic E-state index is 12.2. The molecule has 3 aromatic rings. The van der Waals surface area contributed by atoms with Gasteiger partial charge in [-0.1, -0.05) is 45.2 Å². The highest BCUT2D eigenvalue weighted by atomic mass is 79.9. The number of hydrogen-bond acceptors (Lipinski definition) is 2. The molecule has 2 aromatic carbocycles. The Labute approximate surface area is 157 Å². The lowest BCUT2D eigenvalue weighted by Gasteiger charge is -2.07. The summed E-state index contributed by atoms with van der Waals surface area (Å²) in [5, 5.41) is 8.25. The van der Waals surface area contributed by atoms with E-state index in [1.165, 1.54) is 0 Å². The topological polar surface area (TPSA) is 46.9 Å². The van der Waals surface area contributed by atoms with Crippen molar-refractivity contribution in [1.29, 1.82) is 0 Å². The summed E-state index contributed by atoms with van der Waals surface area (Å²) in [7, 11) is 0. The summed E-state index contributed by atoms with van der Waals surface area (Å²) in [5.41, 5.74) is 1.34. The van der Waals surface area contributed by atoms with Gasteiger partial charge in [0.25, 0.3) is 5.91 Å². The third-order valence-corrected chi connectivity index (χ3v) is 4.61. The molecule has 0 spiro atoms. The molecule has 1 N–H and O–H groups in total. The summed E-state index contributed by atoms with van der Waals surface area (Å²) in [4.78, 5) is 12.2. The first-order valence-electron chi connectivity index (χ1n) is 7.06. The Morgan fingerprint density at radius 3 is 2.42 bits per heavy atom. The van der Waals surface area contributed by atoms with Crippen LogP contribution < -0.4 is 5.32 Å². The minimum Gasteiger partial charge on any atom is -0.305 e. The van der Waals surface area contributed by atoms with E-state index in [0.29, 0.717) is 28.0 Å². The largest absolute Gasteiger partial charge is 0.305 e. The summed E-state index contributed by atoms with van der Waals surface area (Å²) in [5.74, 6) is 0.245. The predicted octanol–water partition coefficient (Wildman–Crippen LogP) is 5.25. The molecule has 7 heteroatoms. The summed E-state index contributed by atoms with van der Waals surface area (Å²) in [6.45, 7) is 0.423. The number of benzene rings is 2. The van der Waals surface area contributed by atoms with E-state index in [9.17, 15) is 4.79 Å². The van der Waals surface area contributed by atoms with Crippen LogP contribution in [0.4, 0.5) is 5.82 Å². The standard InChI is InChI=1S/C17H12BrCl2N3O/c18-12-6-4-11(5-7-12)17(24)21-16-8-9-23(22-16)10-13-14(19)2-1-3-15(13)20/h1-9H,10H2,(H,21,22,24). The van der Waals surface area contributed by atoms with Crippen LogP contribution in [0, 0.1) is 0 Å². The molecule has 0 aliphatic rings. The number of aromatic nitrogens is 2. The van der Waals surface area contributed by atoms with Crippen LogP contribution >= 0.6 is 39.1 Å². The fourth-order valence-electron chi connectivity index (χ4n) is 2.15. The zero-order chi connectivity index (χ0) is 17.1. The van der Waals surface area contributed by atoms with Gasteiger partial charge in [-0.05, 0) is 36.4 Å². The van der Waals surface area contributed by atoms with E-state index in [4.69, 9.17) is 23.2 Å². The minimum absolute atomic E-state index is 0.219. The number of carbonyl (C=O) groups excluding carboxylic acids is 1. The molecule has 0 fully saturated rings. The smallest absolute Gasteiger partial charge is 0.256 e. The third kappa shape index (κ3) is 3.98. The molecule has 0 aliphatic carbocycles. The van der Waals surface area contributed by atoms with Gasteiger partial charge >= 0.3 is 0 Å². The van der Waals surface area contributed by atoms with Crippen molar-refractivity contribution in [3.63, 3.8) is 0 Å². The van der Waals surface area contributed by atoms with Gasteiger partial charge in [0.15, 0.2) is 5.82 Å². The molecule has 0 saturated heterocycles. The summed E-state index contributed by atoms with van der Waals surface area (Å²) < 4.78 is 2.59. The lowest BCUT2D eigenvalue weighted by molar-refractivity contribution is 0.102. The van der Waals surface area contributed by atoms with E-state index in [2.05, 4.69) is 26.3 Å². The molecular formula is C17H12BrCl2N3O. The summed E-state index contributed by atoms with van der Waals surface area (Å²) in [6, 6.07) is 14.2. The van der Waals surface area contributed by atoms with Gasteiger partial charge in [0.1, 0.15) is 0 Å². The van der Waals surface area contributed by atoms with Crippen molar-refractivity contribution in [3.8, 4) is 0 Å². The Bertz CT molecular complexity index is 858. The number of amides is 1. The minimum atomic E-state index is -0.219. The van der Waals surface area contributed by atoms with Gasteiger partial charge in [-0.3, -0.25) is 9.48 Å². The summed E-state index contributed by atoms with van der Waals surface area (Å²) >= 11 is 15.7. The molecule has 0 unspecified atom stereocenters. The molecule has 1 heterocycles. The Balaban J connectivity index is 1.71. The summed E-state index contributed by atoms with van der Waals surface area (Å²) in [6.07, 6.45) is 1.76. The van der Waals surface area contributed by atoms with Crippen LogP contribution in [0.5, 0.6) is 0 Å². The number of halogens is 3. The molecule has 3 rings (SSSR count). The Morgan fingerprint density at radius 1 is 1.08 bits per heavy atom. The second-order valence-corrected chi connectivity index (χ2v) is 6.79. The Kier molecular flexibility index (Phi) is 5.23. The van der Waals surface area contributed by atoms with Crippen molar-refractivity contribution in [1.82, 2.24) is 9.78 Å². The monoisotopic (exact) mass is 423 g/mol. The van der Waals surface area contributed by atoms with Crippen molar-refractivity contribution < 1.29 is 4.79 Å². The van der Waals surface area contributed by atoms with Gasteiger partial charge in [-0.25, -0.2) is 0 Å². The van der Waals surface area contributed by atoms with Crippen LogP contribution in [0.2, 0.25) is 10.0 Å². The molecule has 1 amide bonds. The van der Waals surface area contributed by atoms with E-state index < -0.39 is 0 Å². The van der Waals surface area contributed by atoms with Crippen LogP contribution in [0.1, 0.15) is 15.9 Å². The highest BCUT2D eigenvalue weighted by Crippen LogP contribution is 2.25. The molecule has 0 atom stereocenters. The average molecular weight is 425 g/mol. The predicted molar refractivity (Wildman–Crippen MR) is 99.9 cm³/mol. The van der Waals surface area contributed by atoms with Gasteiger partial charge in [-0.15, -0.1) is 0 Å². The third-order valence-electron chi connectivity index (χ3n) is 3.37. The Morgan fingerprint density at radius 2 is 1.75 bits per heavy atom. The van der Waals surface area contributed by atoms with Crippen molar-refractivity contribution in [3.05, 3.63) is 80.4 Å². The fraction of sp³-hybridized carbons (Fsp3) is 0.0588. The zero-order valence-corrected chi connectivity index (χ0v) is 15.4. The van der Waals surface area contributed by atoms with Crippen LogP contribution in [-0.4, -0.2) is 15.7 Å². The van der Waals surface area contributed by atoms with Gasteiger partial charge < -0.3 is 5.32 Å². The van der Waals surface area contributed by atoms with E-state index in [1.807, 2.05) is 12.1 Å². The highest BCUT2D eigenvalue weighted by Gasteiger charge is 2.10. The van der Waals surface area contributed by atoms with Gasteiger partial charge in [0, 0.05) is 37.9 Å². The zero-order valence-electron chi connectivity index (χ0n) is 12.3. The molecule has 0 radical (unpaired) electrons. The molecule has 122 valence electrons. The molecule has 0 bridgehead atoms. The normalized spacial score (nSPS) is 10.6. The Hall–Kier alpha value is -1.82. The van der Waals surface area contributed by atoms with E-state index >= 15 is 0 Å². The number of hydrogen-bond donors (Lipinski definition) is 1. The molecule has 0 saturated carbocycles. The van der Waals surface area contributed by atoms with Crippen LogP contribution in [-0.2, 0) is 6.54 Å². The van der Waals surface area contributed by atoms with Crippen LogP contribution in [0.15, 0.2) is 59.2 Å². The van der Waals surface area contributed by atoms with Crippen molar-refractivity contribution >= 4 is 50.9 Å². The lowest BCUT2D eigenvalue weighted by Crippen LogP contribution is -2.12. The second-order valence-electron chi connectivity index (χ2n) is 5.06. The number of carbonyl (C=O) groups is 1. The number of rotatable bonds is 4. The number of anilines is 1. The molecular weight excluding hydrogens is 413 g/mol. The molecule has 0 aliphatic heterocycles. The van der Waals surface area contributed by atoms with Crippen molar-refractivity contribution in [2.75, 3.05) is 5.32 Å². The van der Waals surface area contributed by atoms with Gasteiger partial charge in [0.2, 0.25) is 0 Å². The van der Waals surface area contributed by atoms with Crippen LogP contribution in [0.25, 0.3) is 0 Å². The first-order chi connectivity index (χ1) is 11.5. The van der Waals surface area contributed by atoms with Crippen molar-refractivity contribution in [2.24, 2.45) is 0 Å². The van der Waals surface area contributed by atoms with Gasteiger partial charge in [0.05, 0.1) is 6.54 Å². The molecule has 1 aromatic heterocycles. The number of nitrogens with zero attached hydrogens (tertiary/aromatic N) is 2.